The van der Waals surface area contributed by atoms with E-state index in [1.807, 2.05) is 0 Å². The first-order valence-corrected chi connectivity index (χ1v) is 6.43. The maximum atomic E-state index is 13.6. The first kappa shape index (κ1) is 14.7. The van der Waals surface area contributed by atoms with Gasteiger partial charge in [-0.2, -0.15) is 8.78 Å². The fraction of sp³-hybridized carbons (Fsp3) is 0.200. The number of hydrogen-bond donors (Lipinski definition) is 0. The van der Waals surface area contributed by atoms with E-state index >= 15 is 0 Å². The van der Waals surface area contributed by atoms with Gasteiger partial charge in [-0.25, -0.2) is 4.39 Å². The Morgan fingerprint density at radius 3 is 2.35 bits per heavy atom. The molecule has 0 aliphatic rings. The van der Waals surface area contributed by atoms with E-state index in [9.17, 15) is 13.2 Å². The van der Waals surface area contributed by atoms with Crippen LogP contribution in [0.1, 0.15) is 16.5 Å². The number of rotatable bonds is 5. The second-order valence-electron chi connectivity index (χ2n) is 4.18. The van der Waals surface area contributed by atoms with Crippen molar-refractivity contribution in [2.45, 2.75) is 18.4 Å². The van der Waals surface area contributed by atoms with Gasteiger partial charge in [0.25, 0.3) is 0 Å². The van der Waals surface area contributed by atoms with Crippen LogP contribution in [0.25, 0.3) is 0 Å². The van der Waals surface area contributed by atoms with Gasteiger partial charge >= 0.3 is 6.61 Å². The highest BCUT2D eigenvalue weighted by molar-refractivity contribution is 6.21. The van der Waals surface area contributed by atoms with Crippen LogP contribution >= 0.6 is 11.6 Å². The summed E-state index contributed by atoms with van der Waals surface area (Å²) in [5.74, 6) is -0.357. The summed E-state index contributed by atoms with van der Waals surface area (Å²) in [6.07, 6.45) is 0.192. The predicted molar refractivity (Wildman–Crippen MR) is 71.8 cm³/mol. The molecule has 5 heteroatoms. The second kappa shape index (κ2) is 6.66. The molecular formula is C15H12ClF3O. The van der Waals surface area contributed by atoms with E-state index in [-0.39, 0.29) is 18.0 Å². The van der Waals surface area contributed by atoms with Crippen LogP contribution in [0, 0.1) is 5.82 Å². The van der Waals surface area contributed by atoms with Crippen LogP contribution in [0.4, 0.5) is 13.2 Å². The monoisotopic (exact) mass is 300 g/mol. The number of halogens is 4. The van der Waals surface area contributed by atoms with Crippen molar-refractivity contribution in [2.24, 2.45) is 0 Å². The van der Waals surface area contributed by atoms with E-state index in [1.54, 1.807) is 36.4 Å². The molecule has 0 fully saturated rings. The van der Waals surface area contributed by atoms with Gasteiger partial charge in [-0.15, -0.1) is 11.6 Å². The molecular weight excluding hydrogens is 289 g/mol. The minimum Gasteiger partial charge on any atom is -0.434 e. The highest BCUT2D eigenvalue weighted by Gasteiger charge is 2.17. The third-order valence-electron chi connectivity index (χ3n) is 2.83. The number of benzene rings is 2. The second-order valence-corrected chi connectivity index (χ2v) is 4.71. The zero-order valence-electron chi connectivity index (χ0n) is 10.4. The normalized spacial score (nSPS) is 12.4. The van der Waals surface area contributed by atoms with Gasteiger partial charge < -0.3 is 4.74 Å². The molecule has 0 aliphatic heterocycles. The molecule has 0 aromatic heterocycles. The molecule has 106 valence electrons. The minimum atomic E-state index is -2.92. The highest BCUT2D eigenvalue weighted by atomic mass is 35.5. The van der Waals surface area contributed by atoms with E-state index in [4.69, 9.17) is 11.6 Å². The molecule has 2 aromatic carbocycles. The van der Waals surface area contributed by atoms with Crippen molar-refractivity contribution in [1.29, 1.82) is 0 Å². The largest absolute Gasteiger partial charge is 0.434 e. The van der Waals surface area contributed by atoms with E-state index in [2.05, 4.69) is 4.74 Å². The number of hydrogen-bond acceptors (Lipinski definition) is 1. The fourth-order valence-corrected chi connectivity index (χ4v) is 2.26. The van der Waals surface area contributed by atoms with Gasteiger partial charge in [0.2, 0.25) is 0 Å². The quantitative estimate of drug-likeness (QED) is 0.710. The van der Waals surface area contributed by atoms with Gasteiger partial charge in [-0.1, -0.05) is 36.4 Å². The third-order valence-corrected chi connectivity index (χ3v) is 3.22. The lowest BCUT2D eigenvalue weighted by Gasteiger charge is -2.15. The molecule has 0 amide bonds. The standard InChI is InChI=1S/C15H12ClF3O/c16-12(9-10-5-1-3-7-13(10)17)11-6-2-4-8-14(11)20-15(18)19/h1-8,12,15H,9H2. The summed E-state index contributed by atoms with van der Waals surface area (Å²) < 4.78 is 42.6. The van der Waals surface area contributed by atoms with Gasteiger partial charge in [-0.05, 0) is 24.1 Å². The fourth-order valence-electron chi connectivity index (χ4n) is 1.91. The highest BCUT2D eigenvalue weighted by Crippen LogP contribution is 2.33. The molecule has 2 rings (SSSR count). The summed E-state index contributed by atoms with van der Waals surface area (Å²) in [5, 5.41) is -0.651. The van der Waals surface area contributed by atoms with Crippen molar-refractivity contribution in [3.05, 3.63) is 65.5 Å². The third kappa shape index (κ3) is 3.67. The molecule has 0 radical (unpaired) electrons. The zero-order valence-corrected chi connectivity index (χ0v) is 11.2. The molecule has 0 aliphatic carbocycles. The lowest BCUT2D eigenvalue weighted by Crippen LogP contribution is -2.06. The molecule has 0 spiro atoms. The molecule has 0 saturated heterocycles. The Balaban J connectivity index is 2.21. The van der Waals surface area contributed by atoms with Crippen LogP contribution in [-0.4, -0.2) is 6.61 Å². The molecule has 0 heterocycles. The summed E-state index contributed by atoms with van der Waals surface area (Å²) >= 11 is 6.21. The van der Waals surface area contributed by atoms with Crippen molar-refractivity contribution >= 4 is 11.6 Å². The van der Waals surface area contributed by atoms with Crippen LogP contribution in [-0.2, 0) is 6.42 Å². The van der Waals surface area contributed by atoms with Crippen LogP contribution < -0.4 is 4.74 Å². The first-order valence-electron chi connectivity index (χ1n) is 5.99. The topological polar surface area (TPSA) is 9.23 Å². The molecule has 0 bridgehead atoms. The molecule has 1 nitrogen and oxygen atoms in total. The number of ether oxygens (including phenoxy) is 1. The van der Waals surface area contributed by atoms with Crippen LogP contribution in [0.2, 0.25) is 0 Å². The molecule has 1 atom stereocenters. The van der Waals surface area contributed by atoms with Crippen molar-refractivity contribution in [1.82, 2.24) is 0 Å². The van der Waals surface area contributed by atoms with Gasteiger partial charge in [0.1, 0.15) is 11.6 Å². The predicted octanol–water partition coefficient (Wildman–Crippen LogP) is 4.95. The Bertz CT molecular complexity index is 575. The SMILES string of the molecule is Fc1ccccc1CC(Cl)c1ccccc1OC(F)F. The maximum Gasteiger partial charge on any atom is 0.387 e. The van der Waals surface area contributed by atoms with E-state index in [1.165, 1.54) is 12.1 Å². The lowest BCUT2D eigenvalue weighted by atomic mass is 10.0. The number of alkyl halides is 3. The molecule has 0 N–H and O–H groups in total. The zero-order chi connectivity index (χ0) is 14.5. The van der Waals surface area contributed by atoms with Crippen LogP contribution in [0.15, 0.2) is 48.5 Å². The average molecular weight is 301 g/mol. The lowest BCUT2D eigenvalue weighted by molar-refractivity contribution is -0.0504. The van der Waals surface area contributed by atoms with Crippen molar-refractivity contribution in [3.8, 4) is 5.75 Å². The summed E-state index contributed by atoms with van der Waals surface area (Å²) in [6.45, 7) is -2.92. The summed E-state index contributed by atoms with van der Waals surface area (Å²) in [7, 11) is 0. The first-order chi connectivity index (χ1) is 9.58. The molecule has 1 unspecified atom stereocenters. The van der Waals surface area contributed by atoms with Crippen LogP contribution in [0.3, 0.4) is 0 Å². The Morgan fingerprint density at radius 1 is 1.00 bits per heavy atom. The van der Waals surface area contributed by atoms with E-state index in [0.717, 1.165) is 0 Å². The van der Waals surface area contributed by atoms with Crippen molar-refractivity contribution < 1.29 is 17.9 Å². The van der Waals surface area contributed by atoms with E-state index < -0.39 is 12.0 Å². The Kier molecular flexibility index (Phi) is 4.90. The van der Waals surface area contributed by atoms with Gasteiger partial charge in [0.15, 0.2) is 0 Å². The Labute approximate surface area is 119 Å². The van der Waals surface area contributed by atoms with Gasteiger partial charge in [0, 0.05) is 5.56 Å². The van der Waals surface area contributed by atoms with Crippen molar-refractivity contribution in [3.63, 3.8) is 0 Å². The summed E-state index contributed by atoms with van der Waals surface area (Å²) in [5.41, 5.74) is 0.845. The Hall–Kier alpha value is -1.68. The van der Waals surface area contributed by atoms with Gasteiger partial charge in [-0.3, -0.25) is 0 Å². The van der Waals surface area contributed by atoms with Crippen molar-refractivity contribution in [2.75, 3.05) is 0 Å². The summed E-state index contributed by atoms with van der Waals surface area (Å²) in [6, 6.07) is 12.5. The summed E-state index contributed by atoms with van der Waals surface area (Å²) in [4.78, 5) is 0. The van der Waals surface area contributed by atoms with E-state index in [0.29, 0.717) is 11.1 Å². The minimum absolute atomic E-state index is 0.0128. The maximum absolute atomic E-state index is 13.6. The smallest absolute Gasteiger partial charge is 0.387 e. The molecule has 0 saturated carbocycles. The number of para-hydroxylation sites is 1. The van der Waals surface area contributed by atoms with Crippen LogP contribution in [0.5, 0.6) is 5.75 Å². The molecule has 2 aromatic rings. The Morgan fingerprint density at radius 2 is 1.65 bits per heavy atom. The average Bonchev–Trinajstić information content (AvgIpc) is 2.41. The van der Waals surface area contributed by atoms with Gasteiger partial charge in [0.05, 0.1) is 5.38 Å². The molecule has 20 heavy (non-hydrogen) atoms.